The molecule has 25 heavy (non-hydrogen) atoms. The monoisotopic (exact) mass is 348 g/mol. The van der Waals surface area contributed by atoms with Gasteiger partial charge in [-0.25, -0.2) is 0 Å². The number of methoxy groups -OCH3 is 1. The third-order valence-corrected chi connectivity index (χ3v) is 3.76. The zero-order chi connectivity index (χ0) is 18.1. The standard InChI is InChI=1S/C18H24N2O5/c1-14-16(7-12-24-14)18(22)20(13-15-5-3-11-25-15)9-6-17(21)19-8-4-10-23-2/h3,5,7,11-12H,4,6,8-10,13H2,1-2H3,(H,19,21). The second-order valence-corrected chi connectivity index (χ2v) is 5.64. The maximum Gasteiger partial charge on any atom is 0.257 e. The number of ether oxygens (including phenoxy) is 1. The normalized spacial score (nSPS) is 10.6. The summed E-state index contributed by atoms with van der Waals surface area (Å²) in [6, 6.07) is 5.20. The number of hydrogen-bond acceptors (Lipinski definition) is 5. The average Bonchev–Trinajstić information content (AvgIpc) is 3.26. The van der Waals surface area contributed by atoms with Crippen molar-refractivity contribution in [3.05, 3.63) is 47.8 Å². The van der Waals surface area contributed by atoms with E-state index in [1.165, 1.54) is 6.26 Å². The van der Waals surface area contributed by atoms with Crippen LogP contribution in [0.15, 0.2) is 39.6 Å². The van der Waals surface area contributed by atoms with Crippen molar-refractivity contribution in [1.82, 2.24) is 10.2 Å². The van der Waals surface area contributed by atoms with Crippen molar-refractivity contribution in [2.24, 2.45) is 0 Å². The van der Waals surface area contributed by atoms with Crippen LogP contribution < -0.4 is 5.32 Å². The average molecular weight is 348 g/mol. The molecule has 0 saturated carbocycles. The van der Waals surface area contributed by atoms with Gasteiger partial charge in [0.05, 0.1) is 24.6 Å². The van der Waals surface area contributed by atoms with Gasteiger partial charge < -0.3 is 23.8 Å². The smallest absolute Gasteiger partial charge is 0.257 e. The highest BCUT2D eigenvalue weighted by Gasteiger charge is 2.21. The molecular weight excluding hydrogens is 324 g/mol. The van der Waals surface area contributed by atoms with Gasteiger partial charge in [0, 0.05) is 33.2 Å². The Kier molecular flexibility index (Phi) is 7.28. The lowest BCUT2D eigenvalue weighted by molar-refractivity contribution is -0.121. The highest BCUT2D eigenvalue weighted by Crippen LogP contribution is 2.15. The Morgan fingerprint density at radius 3 is 2.72 bits per heavy atom. The fourth-order valence-corrected chi connectivity index (χ4v) is 2.39. The predicted molar refractivity (Wildman–Crippen MR) is 91.0 cm³/mol. The van der Waals surface area contributed by atoms with Gasteiger partial charge in [-0.2, -0.15) is 0 Å². The molecule has 0 atom stereocenters. The van der Waals surface area contributed by atoms with Crippen LogP contribution in [0.25, 0.3) is 0 Å². The van der Waals surface area contributed by atoms with Crippen LogP contribution in [-0.2, 0) is 16.1 Å². The summed E-state index contributed by atoms with van der Waals surface area (Å²) in [5.41, 5.74) is 0.493. The number of amides is 2. The van der Waals surface area contributed by atoms with E-state index in [-0.39, 0.29) is 18.2 Å². The highest BCUT2D eigenvalue weighted by molar-refractivity contribution is 5.95. The maximum absolute atomic E-state index is 12.7. The zero-order valence-electron chi connectivity index (χ0n) is 14.6. The van der Waals surface area contributed by atoms with Gasteiger partial charge in [-0.3, -0.25) is 9.59 Å². The van der Waals surface area contributed by atoms with Gasteiger partial charge in [0.15, 0.2) is 0 Å². The quantitative estimate of drug-likeness (QED) is 0.666. The maximum atomic E-state index is 12.7. The first-order valence-corrected chi connectivity index (χ1v) is 8.23. The number of carbonyl (C=O) groups excluding carboxylic acids is 2. The largest absolute Gasteiger partial charge is 0.469 e. The number of nitrogens with zero attached hydrogens (tertiary/aromatic N) is 1. The minimum absolute atomic E-state index is 0.0998. The van der Waals surface area contributed by atoms with Crippen LogP contribution in [0.5, 0.6) is 0 Å². The molecule has 7 nitrogen and oxygen atoms in total. The van der Waals surface area contributed by atoms with E-state index in [2.05, 4.69) is 5.32 Å². The molecule has 136 valence electrons. The first-order chi connectivity index (χ1) is 12.1. The molecule has 0 aromatic carbocycles. The van der Waals surface area contributed by atoms with E-state index >= 15 is 0 Å². The van der Waals surface area contributed by atoms with Crippen molar-refractivity contribution in [2.75, 3.05) is 26.8 Å². The van der Waals surface area contributed by atoms with Crippen LogP contribution in [0.4, 0.5) is 0 Å². The Balaban J connectivity index is 1.94. The van der Waals surface area contributed by atoms with Gasteiger partial charge in [0.1, 0.15) is 11.5 Å². The number of nitrogens with one attached hydrogen (secondary N) is 1. The van der Waals surface area contributed by atoms with E-state index in [0.29, 0.717) is 43.3 Å². The van der Waals surface area contributed by atoms with Gasteiger partial charge in [0.25, 0.3) is 5.91 Å². The molecule has 2 amide bonds. The molecule has 0 spiro atoms. The van der Waals surface area contributed by atoms with Crippen molar-refractivity contribution >= 4 is 11.8 Å². The second-order valence-electron chi connectivity index (χ2n) is 5.64. The number of furan rings is 2. The Bertz CT molecular complexity index is 663. The number of aryl methyl sites for hydroxylation is 1. The van der Waals surface area contributed by atoms with Crippen molar-refractivity contribution in [3.63, 3.8) is 0 Å². The molecule has 0 aliphatic rings. The van der Waals surface area contributed by atoms with Crippen LogP contribution in [0.2, 0.25) is 0 Å². The molecule has 2 heterocycles. The molecule has 0 unspecified atom stereocenters. The first kappa shape index (κ1) is 18.8. The lowest BCUT2D eigenvalue weighted by Gasteiger charge is -2.21. The minimum atomic E-state index is -0.185. The Morgan fingerprint density at radius 1 is 1.24 bits per heavy atom. The molecule has 7 heteroatoms. The van der Waals surface area contributed by atoms with Crippen LogP contribution in [0.3, 0.4) is 0 Å². The number of carbonyl (C=O) groups is 2. The fourth-order valence-electron chi connectivity index (χ4n) is 2.39. The third-order valence-electron chi connectivity index (χ3n) is 3.76. The SMILES string of the molecule is COCCCNC(=O)CCN(Cc1ccco1)C(=O)c1ccoc1C. The summed E-state index contributed by atoms with van der Waals surface area (Å²) < 4.78 is 15.5. The molecule has 0 fully saturated rings. The number of rotatable bonds is 10. The summed E-state index contributed by atoms with van der Waals surface area (Å²) in [5.74, 6) is 0.931. The second kappa shape index (κ2) is 9.68. The van der Waals surface area contributed by atoms with Gasteiger partial charge in [-0.05, 0) is 31.5 Å². The number of hydrogen-bond donors (Lipinski definition) is 1. The minimum Gasteiger partial charge on any atom is -0.469 e. The third kappa shape index (κ3) is 5.79. The Morgan fingerprint density at radius 2 is 2.08 bits per heavy atom. The van der Waals surface area contributed by atoms with Crippen LogP contribution >= 0.6 is 0 Å². The van der Waals surface area contributed by atoms with E-state index in [4.69, 9.17) is 13.6 Å². The van der Waals surface area contributed by atoms with Crippen molar-refractivity contribution < 1.29 is 23.2 Å². The summed E-state index contributed by atoms with van der Waals surface area (Å²) in [5, 5.41) is 2.82. The van der Waals surface area contributed by atoms with Crippen molar-refractivity contribution in [1.29, 1.82) is 0 Å². The van der Waals surface area contributed by atoms with Crippen LogP contribution in [-0.4, -0.2) is 43.5 Å². The summed E-state index contributed by atoms with van der Waals surface area (Å²) in [7, 11) is 1.62. The lowest BCUT2D eigenvalue weighted by Crippen LogP contribution is -2.35. The lowest BCUT2D eigenvalue weighted by atomic mass is 10.2. The molecule has 2 rings (SSSR count). The molecule has 0 bridgehead atoms. The van der Waals surface area contributed by atoms with E-state index in [1.54, 1.807) is 43.4 Å². The van der Waals surface area contributed by atoms with E-state index < -0.39 is 0 Å². The fraction of sp³-hybridized carbons (Fsp3) is 0.444. The Labute approximate surface area is 146 Å². The Hall–Kier alpha value is -2.54. The molecule has 2 aromatic rings. The van der Waals surface area contributed by atoms with Crippen molar-refractivity contribution in [3.8, 4) is 0 Å². The summed E-state index contributed by atoms with van der Waals surface area (Å²) in [4.78, 5) is 26.3. The molecule has 0 aliphatic carbocycles. The van der Waals surface area contributed by atoms with E-state index in [1.807, 2.05) is 0 Å². The van der Waals surface area contributed by atoms with Crippen LogP contribution in [0, 0.1) is 6.92 Å². The topological polar surface area (TPSA) is 84.9 Å². The van der Waals surface area contributed by atoms with Gasteiger partial charge >= 0.3 is 0 Å². The van der Waals surface area contributed by atoms with E-state index in [0.717, 1.165) is 6.42 Å². The summed E-state index contributed by atoms with van der Waals surface area (Å²) in [6.45, 7) is 3.48. The zero-order valence-corrected chi connectivity index (χ0v) is 14.6. The van der Waals surface area contributed by atoms with Gasteiger partial charge in [-0.1, -0.05) is 0 Å². The predicted octanol–water partition coefficient (Wildman–Crippen LogP) is 2.37. The molecule has 0 aliphatic heterocycles. The summed E-state index contributed by atoms with van der Waals surface area (Å²) >= 11 is 0. The highest BCUT2D eigenvalue weighted by atomic mass is 16.5. The molecular formula is C18H24N2O5. The molecule has 2 aromatic heterocycles. The van der Waals surface area contributed by atoms with Crippen molar-refractivity contribution in [2.45, 2.75) is 26.3 Å². The van der Waals surface area contributed by atoms with Gasteiger partial charge in [-0.15, -0.1) is 0 Å². The summed E-state index contributed by atoms with van der Waals surface area (Å²) in [6.07, 6.45) is 4.02. The van der Waals surface area contributed by atoms with Crippen LogP contribution in [0.1, 0.15) is 34.7 Å². The molecule has 0 radical (unpaired) electrons. The first-order valence-electron chi connectivity index (χ1n) is 8.23. The molecule has 1 N–H and O–H groups in total. The molecule has 0 saturated heterocycles. The van der Waals surface area contributed by atoms with E-state index in [9.17, 15) is 9.59 Å². The van der Waals surface area contributed by atoms with Gasteiger partial charge in [0.2, 0.25) is 5.91 Å².